The molecule has 0 unspecified atom stereocenters. The third-order valence-electron chi connectivity index (χ3n) is 4.17. The number of hydrogen-bond donors (Lipinski definition) is 2. The molecule has 2 rings (SSSR count). The van der Waals surface area contributed by atoms with E-state index in [2.05, 4.69) is 10.0 Å². The topological polar surface area (TPSA) is 93.7 Å². The molecule has 158 valence electrons. The lowest BCUT2D eigenvalue weighted by atomic mass is 10.1. The van der Waals surface area contributed by atoms with Crippen LogP contribution in [0.15, 0.2) is 53.4 Å². The van der Waals surface area contributed by atoms with E-state index >= 15 is 0 Å². The number of amides is 1. The molecule has 0 heterocycles. The van der Waals surface area contributed by atoms with Gasteiger partial charge >= 0.3 is 0 Å². The molecule has 2 aromatic carbocycles. The molecule has 2 aromatic rings. The minimum absolute atomic E-state index is 0.153. The van der Waals surface area contributed by atoms with E-state index in [9.17, 15) is 13.2 Å². The number of para-hydroxylation sites is 1. The zero-order valence-electron chi connectivity index (χ0n) is 17.1. The van der Waals surface area contributed by atoms with E-state index in [1.165, 1.54) is 24.3 Å². The minimum Gasteiger partial charge on any atom is -0.496 e. The van der Waals surface area contributed by atoms with Crippen LogP contribution in [0.25, 0.3) is 0 Å². The highest BCUT2D eigenvalue weighted by atomic mass is 32.2. The van der Waals surface area contributed by atoms with Crippen molar-refractivity contribution >= 4 is 15.9 Å². The molecule has 0 bridgehead atoms. The Hall–Kier alpha value is -2.58. The van der Waals surface area contributed by atoms with Crippen LogP contribution in [0.5, 0.6) is 11.5 Å². The van der Waals surface area contributed by atoms with Crippen LogP contribution < -0.4 is 19.5 Å². The molecule has 0 aliphatic heterocycles. The van der Waals surface area contributed by atoms with Gasteiger partial charge in [-0.2, -0.15) is 0 Å². The van der Waals surface area contributed by atoms with Gasteiger partial charge in [-0.05, 0) is 43.2 Å². The molecule has 0 aliphatic rings. The van der Waals surface area contributed by atoms with Gasteiger partial charge in [-0.25, -0.2) is 13.1 Å². The first-order chi connectivity index (χ1) is 13.7. The average Bonchev–Trinajstić information content (AvgIpc) is 2.71. The molecule has 0 saturated heterocycles. The van der Waals surface area contributed by atoms with Crippen molar-refractivity contribution in [3.8, 4) is 11.5 Å². The van der Waals surface area contributed by atoms with E-state index in [0.717, 1.165) is 5.56 Å². The normalized spacial score (nSPS) is 12.4. The molecular weight excluding hydrogens is 392 g/mol. The fourth-order valence-electron chi connectivity index (χ4n) is 2.61. The number of benzene rings is 2. The van der Waals surface area contributed by atoms with Gasteiger partial charge in [0.2, 0.25) is 10.0 Å². The summed E-state index contributed by atoms with van der Waals surface area (Å²) < 4.78 is 37.7. The van der Waals surface area contributed by atoms with Crippen LogP contribution in [0, 0.1) is 5.92 Å². The summed E-state index contributed by atoms with van der Waals surface area (Å²) in [6.45, 7) is 5.90. The lowest BCUT2D eigenvalue weighted by molar-refractivity contribution is -0.123. The number of carbonyl (C=O) groups excluding carboxylic acids is 1. The number of carbonyl (C=O) groups is 1. The molecule has 29 heavy (non-hydrogen) atoms. The fraction of sp³-hybridized carbons (Fsp3) is 0.381. The van der Waals surface area contributed by atoms with E-state index in [1.54, 1.807) is 7.11 Å². The highest BCUT2D eigenvalue weighted by Crippen LogP contribution is 2.24. The summed E-state index contributed by atoms with van der Waals surface area (Å²) in [5.41, 5.74) is 0.867. The maximum atomic E-state index is 12.2. The summed E-state index contributed by atoms with van der Waals surface area (Å²) in [5.74, 6) is 1.03. The van der Waals surface area contributed by atoms with Crippen molar-refractivity contribution in [1.82, 2.24) is 10.0 Å². The minimum atomic E-state index is -3.55. The second-order valence-corrected chi connectivity index (χ2v) is 8.80. The van der Waals surface area contributed by atoms with Gasteiger partial charge in [0.05, 0.1) is 18.0 Å². The Bertz CT molecular complexity index is 911. The van der Waals surface area contributed by atoms with Crippen molar-refractivity contribution in [2.75, 3.05) is 20.3 Å². The van der Waals surface area contributed by atoms with Crippen LogP contribution in [0.1, 0.15) is 32.4 Å². The lowest BCUT2D eigenvalue weighted by Gasteiger charge is -2.17. The summed E-state index contributed by atoms with van der Waals surface area (Å²) in [6.07, 6.45) is 0. The Labute approximate surface area is 172 Å². The Morgan fingerprint density at radius 3 is 2.31 bits per heavy atom. The number of ether oxygens (including phenoxy) is 2. The van der Waals surface area contributed by atoms with Gasteiger partial charge < -0.3 is 14.8 Å². The maximum absolute atomic E-state index is 12.2. The van der Waals surface area contributed by atoms with Crippen LogP contribution in [-0.2, 0) is 14.8 Å². The first-order valence-electron chi connectivity index (χ1n) is 9.37. The Morgan fingerprint density at radius 2 is 1.69 bits per heavy atom. The molecule has 1 amide bonds. The Morgan fingerprint density at radius 1 is 1.03 bits per heavy atom. The standard InChI is InChI=1S/C21H28N2O5S/c1-15(2)13-22-29(25,26)18-11-9-17(10-12-18)28-14-21(24)23-16(3)19-7-5-6-8-20(19)27-4/h5-12,15-16,22H,13-14H2,1-4H3,(H,23,24)/t16-/m1/s1. The molecule has 1 atom stereocenters. The van der Waals surface area contributed by atoms with Crippen molar-refractivity contribution in [3.05, 3.63) is 54.1 Å². The Balaban J connectivity index is 1.90. The van der Waals surface area contributed by atoms with E-state index in [-0.39, 0.29) is 29.4 Å². The molecule has 2 N–H and O–H groups in total. The van der Waals surface area contributed by atoms with Gasteiger partial charge in [0.1, 0.15) is 11.5 Å². The zero-order chi connectivity index (χ0) is 21.4. The SMILES string of the molecule is COc1ccccc1[C@@H](C)NC(=O)COc1ccc(S(=O)(=O)NCC(C)C)cc1. The molecule has 0 saturated carbocycles. The van der Waals surface area contributed by atoms with Crippen LogP contribution in [0.4, 0.5) is 0 Å². The van der Waals surface area contributed by atoms with Crippen molar-refractivity contribution in [2.24, 2.45) is 5.92 Å². The largest absolute Gasteiger partial charge is 0.496 e. The summed E-state index contributed by atoms with van der Waals surface area (Å²) in [5, 5.41) is 2.85. The maximum Gasteiger partial charge on any atom is 0.258 e. The van der Waals surface area contributed by atoms with Gasteiger partial charge in [0.25, 0.3) is 5.91 Å². The third kappa shape index (κ3) is 6.76. The number of hydrogen-bond acceptors (Lipinski definition) is 5. The van der Waals surface area contributed by atoms with Gasteiger partial charge in [0, 0.05) is 12.1 Å². The van der Waals surface area contributed by atoms with Gasteiger partial charge in [-0.1, -0.05) is 32.0 Å². The van der Waals surface area contributed by atoms with Crippen molar-refractivity contribution in [3.63, 3.8) is 0 Å². The summed E-state index contributed by atoms with van der Waals surface area (Å²) in [6, 6.07) is 13.2. The number of nitrogens with one attached hydrogen (secondary N) is 2. The smallest absolute Gasteiger partial charge is 0.258 e. The number of sulfonamides is 1. The molecule has 8 heteroatoms. The van der Waals surface area contributed by atoms with Crippen LogP contribution in [0.3, 0.4) is 0 Å². The molecule has 7 nitrogen and oxygen atoms in total. The monoisotopic (exact) mass is 420 g/mol. The lowest BCUT2D eigenvalue weighted by Crippen LogP contribution is -2.31. The van der Waals surface area contributed by atoms with E-state index in [0.29, 0.717) is 18.0 Å². The second kappa shape index (κ2) is 10.3. The van der Waals surface area contributed by atoms with E-state index in [1.807, 2.05) is 45.0 Å². The fourth-order valence-corrected chi connectivity index (χ4v) is 3.82. The summed E-state index contributed by atoms with van der Waals surface area (Å²) in [7, 11) is -1.97. The number of methoxy groups -OCH3 is 1. The van der Waals surface area contributed by atoms with Gasteiger partial charge in [-0.15, -0.1) is 0 Å². The highest BCUT2D eigenvalue weighted by Gasteiger charge is 2.16. The predicted molar refractivity (Wildman–Crippen MR) is 112 cm³/mol. The molecule has 0 aromatic heterocycles. The van der Waals surface area contributed by atoms with Crippen molar-refractivity contribution in [2.45, 2.75) is 31.7 Å². The van der Waals surface area contributed by atoms with Gasteiger partial charge in [-0.3, -0.25) is 4.79 Å². The van der Waals surface area contributed by atoms with Gasteiger partial charge in [0.15, 0.2) is 6.61 Å². The van der Waals surface area contributed by atoms with Crippen LogP contribution in [0.2, 0.25) is 0 Å². The average molecular weight is 421 g/mol. The summed E-state index contributed by atoms with van der Waals surface area (Å²) in [4.78, 5) is 12.3. The number of rotatable bonds is 10. The third-order valence-corrected chi connectivity index (χ3v) is 5.61. The molecular formula is C21H28N2O5S. The molecule has 0 aliphatic carbocycles. The van der Waals surface area contributed by atoms with E-state index < -0.39 is 10.0 Å². The van der Waals surface area contributed by atoms with Crippen molar-refractivity contribution in [1.29, 1.82) is 0 Å². The first-order valence-corrected chi connectivity index (χ1v) is 10.9. The zero-order valence-corrected chi connectivity index (χ0v) is 18.0. The quantitative estimate of drug-likeness (QED) is 0.616. The molecule has 0 radical (unpaired) electrons. The molecule has 0 spiro atoms. The Kier molecular flexibility index (Phi) is 8.04. The van der Waals surface area contributed by atoms with E-state index in [4.69, 9.17) is 9.47 Å². The van der Waals surface area contributed by atoms with Crippen LogP contribution in [-0.4, -0.2) is 34.6 Å². The summed E-state index contributed by atoms with van der Waals surface area (Å²) >= 11 is 0. The predicted octanol–water partition coefficient (Wildman–Crippen LogP) is 2.89. The first kappa shape index (κ1) is 22.7. The van der Waals surface area contributed by atoms with Crippen molar-refractivity contribution < 1.29 is 22.7 Å². The second-order valence-electron chi connectivity index (χ2n) is 7.04. The molecule has 0 fully saturated rings. The highest BCUT2D eigenvalue weighted by molar-refractivity contribution is 7.89. The van der Waals surface area contributed by atoms with Crippen LogP contribution >= 0.6 is 0 Å².